The van der Waals surface area contributed by atoms with Crippen molar-refractivity contribution in [2.45, 2.75) is 24.8 Å². The molecule has 2 unspecified atom stereocenters. The molecule has 0 saturated carbocycles. The zero-order chi connectivity index (χ0) is 21.7. The lowest BCUT2D eigenvalue weighted by Gasteiger charge is -2.28. The molecule has 5 nitrogen and oxygen atoms in total. The Hall–Kier alpha value is -3.64. The fraction of sp³-hybridized carbons (Fsp3) is 0.154. The summed E-state index contributed by atoms with van der Waals surface area (Å²) in [5.74, 6) is 0.183. The smallest absolute Gasteiger partial charge is 0.198 e. The number of thiophene rings is 1. The van der Waals surface area contributed by atoms with E-state index >= 15 is 0 Å². The Morgan fingerprint density at radius 2 is 1.72 bits per heavy atom. The monoisotopic (exact) mass is 440 g/mol. The van der Waals surface area contributed by atoms with Crippen LogP contribution in [-0.2, 0) is 4.79 Å². The van der Waals surface area contributed by atoms with Crippen molar-refractivity contribution in [1.82, 2.24) is 0 Å². The van der Waals surface area contributed by atoms with E-state index in [0.717, 1.165) is 17.1 Å². The normalized spacial score (nSPS) is 20.2. The molecule has 4 aromatic rings. The Labute approximate surface area is 188 Å². The first-order valence-corrected chi connectivity index (χ1v) is 11.5. The molecule has 0 amide bonds. The molecule has 0 fully saturated rings. The molecule has 0 saturated heterocycles. The summed E-state index contributed by atoms with van der Waals surface area (Å²) in [5, 5.41) is 9.53. The van der Waals surface area contributed by atoms with Crippen molar-refractivity contribution < 1.29 is 9.21 Å². The molecule has 2 N–H and O–H groups in total. The molecule has 0 radical (unpaired) electrons. The predicted molar refractivity (Wildman–Crippen MR) is 127 cm³/mol. The van der Waals surface area contributed by atoms with Gasteiger partial charge in [-0.2, -0.15) is 0 Å². The Morgan fingerprint density at radius 3 is 2.56 bits per heavy atom. The van der Waals surface area contributed by atoms with Gasteiger partial charge < -0.3 is 15.1 Å². The first-order valence-electron chi connectivity index (χ1n) is 10.6. The predicted octanol–water partition coefficient (Wildman–Crippen LogP) is 5.83. The second kappa shape index (κ2) is 7.50. The fourth-order valence-corrected chi connectivity index (χ4v) is 5.57. The Balaban J connectivity index is 1.54. The third-order valence-electron chi connectivity index (χ3n) is 6.27. The molecule has 32 heavy (non-hydrogen) atoms. The van der Waals surface area contributed by atoms with Crippen LogP contribution in [0.5, 0.6) is 0 Å². The highest BCUT2D eigenvalue weighted by Gasteiger charge is 2.37. The van der Waals surface area contributed by atoms with Crippen molar-refractivity contribution in [2.75, 3.05) is 10.6 Å². The standard InChI is InChI=1S/C26H20N2O3S/c29-21-13-15(23-10-5-11-32-23)12-20-24(21)25(28-19-8-3-2-7-18(19)27-20)17-14-31-22-9-4-1-6-16(22)26(17)30/h1-11,14-15,25,27-28H,12-13H2. The molecule has 3 heterocycles. The van der Waals surface area contributed by atoms with Crippen molar-refractivity contribution >= 4 is 39.5 Å². The van der Waals surface area contributed by atoms with Gasteiger partial charge in [0.2, 0.25) is 0 Å². The average Bonchev–Trinajstić information content (AvgIpc) is 3.29. The molecule has 2 atom stereocenters. The molecule has 0 spiro atoms. The number of para-hydroxylation sites is 3. The van der Waals surface area contributed by atoms with Gasteiger partial charge in [-0.25, -0.2) is 0 Å². The van der Waals surface area contributed by atoms with Crippen LogP contribution in [0.25, 0.3) is 11.0 Å². The number of Topliss-reactive ketones (excluding diaryl/α,β-unsaturated/α-hetero) is 1. The first-order chi connectivity index (χ1) is 15.7. The van der Waals surface area contributed by atoms with Crippen molar-refractivity contribution in [2.24, 2.45) is 0 Å². The first kappa shape index (κ1) is 19.1. The minimum absolute atomic E-state index is 0.0509. The van der Waals surface area contributed by atoms with E-state index in [1.807, 2.05) is 47.8 Å². The summed E-state index contributed by atoms with van der Waals surface area (Å²) in [6.07, 6.45) is 2.64. The van der Waals surface area contributed by atoms with Crippen molar-refractivity contribution in [3.05, 3.63) is 104 Å². The number of nitrogens with one attached hydrogen (secondary N) is 2. The van der Waals surface area contributed by atoms with Gasteiger partial charge in [0.25, 0.3) is 0 Å². The van der Waals surface area contributed by atoms with Crippen molar-refractivity contribution in [1.29, 1.82) is 0 Å². The van der Waals surface area contributed by atoms with Crippen LogP contribution in [0.2, 0.25) is 0 Å². The summed E-state index contributed by atoms with van der Waals surface area (Å²) < 4.78 is 5.81. The maximum Gasteiger partial charge on any atom is 0.198 e. The topological polar surface area (TPSA) is 71.3 Å². The summed E-state index contributed by atoms with van der Waals surface area (Å²) in [6.45, 7) is 0. The third kappa shape index (κ3) is 3.07. The largest absolute Gasteiger partial charge is 0.464 e. The summed E-state index contributed by atoms with van der Waals surface area (Å²) in [4.78, 5) is 28.2. The number of hydrogen-bond donors (Lipinski definition) is 2. The minimum atomic E-state index is -0.584. The van der Waals surface area contributed by atoms with Crippen LogP contribution in [0.1, 0.15) is 35.2 Å². The van der Waals surface area contributed by atoms with Crippen LogP contribution in [0.4, 0.5) is 11.4 Å². The van der Waals surface area contributed by atoms with Crippen LogP contribution < -0.4 is 16.1 Å². The maximum atomic E-state index is 13.5. The van der Waals surface area contributed by atoms with Gasteiger partial charge in [0, 0.05) is 28.5 Å². The van der Waals surface area contributed by atoms with Crippen LogP contribution >= 0.6 is 11.3 Å². The van der Waals surface area contributed by atoms with E-state index < -0.39 is 6.04 Å². The Bertz CT molecular complexity index is 1430. The van der Waals surface area contributed by atoms with Gasteiger partial charge in [-0.15, -0.1) is 11.3 Å². The lowest BCUT2D eigenvalue weighted by Crippen LogP contribution is -2.29. The highest BCUT2D eigenvalue weighted by Crippen LogP contribution is 2.44. The van der Waals surface area contributed by atoms with E-state index in [0.29, 0.717) is 34.9 Å². The van der Waals surface area contributed by atoms with Crippen LogP contribution in [0.15, 0.2) is 92.8 Å². The van der Waals surface area contributed by atoms with Gasteiger partial charge in [0.05, 0.1) is 28.4 Å². The number of rotatable bonds is 2. The number of carbonyl (C=O) groups is 1. The highest BCUT2D eigenvalue weighted by atomic mass is 32.1. The number of allylic oxidation sites excluding steroid dienone is 1. The van der Waals surface area contributed by atoms with Gasteiger partial charge in [0.1, 0.15) is 11.8 Å². The van der Waals surface area contributed by atoms with E-state index in [9.17, 15) is 9.59 Å². The van der Waals surface area contributed by atoms with Crippen LogP contribution in [-0.4, -0.2) is 5.78 Å². The molecule has 158 valence electrons. The number of anilines is 2. The molecule has 1 aliphatic heterocycles. The molecular weight excluding hydrogens is 420 g/mol. The molecule has 1 aliphatic carbocycles. The van der Waals surface area contributed by atoms with E-state index in [2.05, 4.69) is 16.7 Å². The zero-order valence-electron chi connectivity index (χ0n) is 17.1. The summed E-state index contributed by atoms with van der Waals surface area (Å²) in [7, 11) is 0. The lowest BCUT2D eigenvalue weighted by molar-refractivity contribution is -0.116. The van der Waals surface area contributed by atoms with Crippen LogP contribution in [0.3, 0.4) is 0 Å². The van der Waals surface area contributed by atoms with Gasteiger partial charge in [-0.3, -0.25) is 9.59 Å². The van der Waals surface area contributed by atoms with Gasteiger partial charge >= 0.3 is 0 Å². The summed E-state index contributed by atoms with van der Waals surface area (Å²) >= 11 is 1.68. The zero-order valence-corrected chi connectivity index (χ0v) is 17.9. The number of fused-ring (bicyclic) bond motifs is 2. The molecule has 6 heteroatoms. The second-order valence-corrected chi connectivity index (χ2v) is 9.18. The minimum Gasteiger partial charge on any atom is -0.464 e. The van der Waals surface area contributed by atoms with E-state index in [1.165, 1.54) is 11.1 Å². The quantitative estimate of drug-likeness (QED) is 0.410. The summed E-state index contributed by atoms with van der Waals surface area (Å²) in [6, 6.07) is 18.6. The number of ketones is 1. The number of hydrogen-bond acceptors (Lipinski definition) is 6. The Morgan fingerprint density at radius 1 is 0.906 bits per heavy atom. The van der Waals surface area contributed by atoms with Crippen molar-refractivity contribution in [3.8, 4) is 0 Å². The van der Waals surface area contributed by atoms with Gasteiger partial charge in [0.15, 0.2) is 11.2 Å². The Kier molecular flexibility index (Phi) is 4.47. The maximum absolute atomic E-state index is 13.5. The second-order valence-electron chi connectivity index (χ2n) is 8.20. The van der Waals surface area contributed by atoms with E-state index in [4.69, 9.17) is 4.42 Å². The molecule has 0 bridgehead atoms. The number of carbonyl (C=O) groups excluding carboxylic acids is 1. The number of benzene rings is 2. The highest BCUT2D eigenvalue weighted by molar-refractivity contribution is 7.10. The summed E-state index contributed by atoms with van der Waals surface area (Å²) in [5.41, 5.74) is 4.09. The van der Waals surface area contributed by atoms with E-state index in [1.54, 1.807) is 23.5 Å². The van der Waals surface area contributed by atoms with Gasteiger partial charge in [-0.1, -0.05) is 30.3 Å². The fourth-order valence-electron chi connectivity index (χ4n) is 4.74. The van der Waals surface area contributed by atoms with E-state index in [-0.39, 0.29) is 17.1 Å². The molecule has 6 rings (SSSR count). The third-order valence-corrected chi connectivity index (χ3v) is 7.31. The van der Waals surface area contributed by atoms with Crippen molar-refractivity contribution in [3.63, 3.8) is 0 Å². The lowest BCUT2D eigenvalue weighted by atomic mass is 9.81. The molecular formula is C26H20N2O3S. The molecule has 2 aromatic carbocycles. The molecule has 2 aliphatic rings. The van der Waals surface area contributed by atoms with Crippen LogP contribution in [0, 0.1) is 0 Å². The molecule has 2 aromatic heterocycles. The average molecular weight is 441 g/mol. The van der Waals surface area contributed by atoms with Gasteiger partial charge in [-0.05, 0) is 42.1 Å². The SMILES string of the molecule is O=C1CC(c2cccs2)CC2=C1C(c1coc3ccccc3c1=O)Nc1ccccc1N2.